The van der Waals surface area contributed by atoms with E-state index in [-0.39, 0.29) is 29.4 Å². The van der Waals surface area contributed by atoms with Crippen LogP contribution in [0, 0.1) is 0 Å². The molecule has 3 N–H and O–H groups in total. The van der Waals surface area contributed by atoms with Crippen LogP contribution in [-0.2, 0) is 14.8 Å². The van der Waals surface area contributed by atoms with Gasteiger partial charge < -0.3 is 20.7 Å². The zero-order valence-corrected chi connectivity index (χ0v) is 16.1. The minimum absolute atomic E-state index is 0.0726. The highest BCUT2D eigenvalue weighted by molar-refractivity contribution is 7.89. The summed E-state index contributed by atoms with van der Waals surface area (Å²) in [6.45, 7) is 5.04. The Hall–Kier alpha value is -1.84. The summed E-state index contributed by atoms with van der Waals surface area (Å²) in [6, 6.07) is 3.59. The lowest BCUT2D eigenvalue weighted by molar-refractivity contribution is -0.124. The third-order valence-electron chi connectivity index (χ3n) is 4.66. The third kappa shape index (κ3) is 3.51. The molecule has 0 bridgehead atoms. The molecule has 8 nitrogen and oxygen atoms in total. The van der Waals surface area contributed by atoms with E-state index >= 15 is 0 Å². The fourth-order valence-electron chi connectivity index (χ4n) is 3.36. The Kier molecular flexibility index (Phi) is 5.14. The Morgan fingerprint density at radius 3 is 2.81 bits per heavy atom. The number of hydrogen-bond acceptors (Lipinski definition) is 6. The molecule has 1 amide bonds. The van der Waals surface area contributed by atoms with Crippen molar-refractivity contribution in [3.8, 4) is 5.75 Å². The van der Waals surface area contributed by atoms with Crippen LogP contribution in [0.5, 0.6) is 5.75 Å². The van der Waals surface area contributed by atoms with Gasteiger partial charge in [0.15, 0.2) is 0 Å². The molecule has 26 heavy (non-hydrogen) atoms. The maximum absolute atomic E-state index is 13.2. The molecule has 1 aromatic rings. The third-order valence-corrected chi connectivity index (χ3v) is 6.53. The van der Waals surface area contributed by atoms with Gasteiger partial charge in [0.1, 0.15) is 18.4 Å². The van der Waals surface area contributed by atoms with Gasteiger partial charge in [0.2, 0.25) is 15.9 Å². The molecular formula is C17H26N4O4S. The summed E-state index contributed by atoms with van der Waals surface area (Å²) in [5.41, 5.74) is 6.82. The number of likely N-dealkylation sites (N-methyl/N-ethyl adjacent to an activating group) is 1. The Bertz CT molecular complexity index is 796. The SMILES string of the molecule is CC(C)NC(=O)C1CC(N)CN1S(=O)(=O)c1ccc2c(c1)OCCN2C. The number of fused-ring (bicyclic) bond motifs is 1. The Labute approximate surface area is 154 Å². The highest BCUT2D eigenvalue weighted by Crippen LogP contribution is 2.35. The van der Waals surface area contributed by atoms with Gasteiger partial charge in [-0.3, -0.25) is 4.79 Å². The number of sulfonamides is 1. The minimum atomic E-state index is -3.86. The minimum Gasteiger partial charge on any atom is -0.490 e. The number of benzene rings is 1. The molecule has 0 spiro atoms. The van der Waals surface area contributed by atoms with Crippen molar-refractivity contribution in [2.75, 3.05) is 31.6 Å². The lowest BCUT2D eigenvalue weighted by Crippen LogP contribution is -2.47. The topological polar surface area (TPSA) is 105 Å². The molecule has 2 aliphatic rings. The molecule has 2 unspecified atom stereocenters. The molecule has 0 radical (unpaired) electrons. The van der Waals surface area contributed by atoms with Crippen LogP contribution in [0.25, 0.3) is 0 Å². The van der Waals surface area contributed by atoms with Crippen molar-refractivity contribution in [3.63, 3.8) is 0 Å². The van der Waals surface area contributed by atoms with Gasteiger partial charge in [-0.2, -0.15) is 4.31 Å². The largest absolute Gasteiger partial charge is 0.490 e. The molecule has 2 atom stereocenters. The number of hydrogen-bond donors (Lipinski definition) is 2. The maximum atomic E-state index is 13.2. The number of amides is 1. The van der Waals surface area contributed by atoms with E-state index < -0.39 is 16.1 Å². The summed E-state index contributed by atoms with van der Waals surface area (Å²) >= 11 is 0. The van der Waals surface area contributed by atoms with E-state index in [0.29, 0.717) is 18.8 Å². The van der Waals surface area contributed by atoms with E-state index in [1.807, 2.05) is 25.8 Å². The standard InChI is InChI=1S/C17H26N4O4S/c1-11(2)19-17(22)15-8-12(18)10-21(15)26(23,24)13-4-5-14-16(9-13)25-7-6-20(14)3/h4-5,9,11-12,15H,6-8,10,18H2,1-3H3,(H,19,22). The summed E-state index contributed by atoms with van der Waals surface area (Å²) in [7, 11) is -1.93. The molecule has 144 valence electrons. The van der Waals surface area contributed by atoms with E-state index in [1.165, 1.54) is 10.4 Å². The number of rotatable bonds is 4. The average molecular weight is 382 g/mol. The van der Waals surface area contributed by atoms with E-state index in [2.05, 4.69) is 5.32 Å². The Balaban J connectivity index is 1.92. The molecule has 2 aliphatic heterocycles. The van der Waals surface area contributed by atoms with E-state index in [4.69, 9.17) is 10.5 Å². The summed E-state index contributed by atoms with van der Waals surface area (Å²) < 4.78 is 33.2. The number of nitrogens with one attached hydrogen (secondary N) is 1. The number of carbonyl (C=O) groups is 1. The summed E-state index contributed by atoms with van der Waals surface area (Å²) in [5.74, 6) is 0.219. The van der Waals surface area contributed by atoms with Gasteiger partial charge in [0.25, 0.3) is 0 Å². The molecule has 3 rings (SSSR count). The second kappa shape index (κ2) is 7.05. The van der Waals surface area contributed by atoms with Crippen LogP contribution in [0.15, 0.2) is 23.1 Å². The summed E-state index contributed by atoms with van der Waals surface area (Å²) in [4.78, 5) is 14.6. The zero-order valence-electron chi connectivity index (χ0n) is 15.3. The fourth-order valence-corrected chi connectivity index (χ4v) is 5.03. The lowest BCUT2D eigenvalue weighted by Gasteiger charge is -2.29. The quantitative estimate of drug-likeness (QED) is 0.767. The predicted octanol–water partition coefficient (Wildman–Crippen LogP) is 0.130. The fraction of sp³-hybridized carbons (Fsp3) is 0.588. The average Bonchev–Trinajstić information content (AvgIpc) is 2.97. The molecular weight excluding hydrogens is 356 g/mol. The maximum Gasteiger partial charge on any atom is 0.243 e. The number of anilines is 1. The highest BCUT2D eigenvalue weighted by Gasteiger charge is 2.43. The van der Waals surface area contributed by atoms with Crippen LogP contribution in [-0.4, -0.2) is 63.5 Å². The number of nitrogens with zero attached hydrogens (tertiary/aromatic N) is 2. The van der Waals surface area contributed by atoms with Gasteiger partial charge in [0, 0.05) is 31.7 Å². The molecule has 0 aromatic heterocycles. The molecule has 0 aliphatic carbocycles. The second-order valence-corrected chi connectivity index (χ2v) is 9.04. The van der Waals surface area contributed by atoms with Crippen molar-refractivity contribution in [2.24, 2.45) is 5.73 Å². The van der Waals surface area contributed by atoms with E-state index in [0.717, 1.165) is 12.2 Å². The first-order chi connectivity index (χ1) is 12.2. The summed E-state index contributed by atoms with van der Waals surface area (Å²) in [6.07, 6.45) is 0.308. The molecule has 1 saturated heterocycles. The number of ether oxygens (including phenoxy) is 1. The molecule has 2 heterocycles. The van der Waals surface area contributed by atoms with Crippen LogP contribution in [0.4, 0.5) is 5.69 Å². The van der Waals surface area contributed by atoms with Gasteiger partial charge in [-0.1, -0.05) is 0 Å². The predicted molar refractivity (Wildman–Crippen MR) is 98.8 cm³/mol. The van der Waals surface area contributed by atoms with Gasteiger partial charge in [0.05, 0.1) is 17.1 Å². The van der Waals surface area contributed by atoms with Crippen LogP contribution in [0.1, 0.15) is 20.3 Å². The van der Waals surface area contributed by atoms with Crippen molar-refractivity contribution in [1.29, 1.82) is 0 Å². The van der Waals surface area contributed by atoms with Crippen molar-refractivity contribution in [3.05, 3.63) is 18.2 Å². The van der Waals surface area contributed by atoms with Gasteiger partial charge in [-0.15, -0.1) is 0 Å². The number of carbonyl (C=O) groups excluding carboxylic acids is 1. The monoisotopic (exact) mass is 382 g/mol. The van der Waals surface area contributed by atoms with Crippen LogP contribution in [0.2, 0.25) is 0 Å². The van der Waals surface area contributed by atoms with Crippen molar-refractivity contribution < 1.29 is 17.9 Å². The first-order valence-electron chi connectivity index (χ1n) is 8.76. The van der Waals surface area contributed by atoms with Gasteiger partial charge >= 0.3 is 0 Å². The molecule has 9 heteroatoms. The van der Waals surface area contributed by atoms with Crippen molar-refractivity contribution in [2.45, 2.75) is 43.3 Å². The zero-order chi connectivity index (χ0) is 19.1. The van der Waals surface area contributed by atoms with Crippen LogP contribution >= 0.6 is 0 Å². The Morgan fingerprint density at radius 2 is 2.12 bits per heavy atom. The van der Waals surface area contributed by atoms with Crippen molar-refractivity contribution >= 4 is 21.6 Å². The summed E-state index contributed by atoms with van der Waals surface area (Å²) in [5, 5.41) is 2.78. The normalized spacial score (nSPS) is 23.7. The smallest absolute Gasteiger partial charge is 0.243 e. The van der Waals surface area contributed by atoms with Gasteiger partial charge in [-0.05, 0) is 32.4 Å². The van der Waals surface area contributed by atoms with E-state index in [9.17, 15) is 13.2 Å². The Morgan fingerprint density at radius 1 is 1.38 bits per heavy atom. The molecule has 1 fully saturated rings. The molecule has 0 saturated carbocycles. The number of nitrogens with two attached hydrogens (primary N) is 1. The van der Waals surface area contributed by atoms with Crippen LogP contribution < -0.4 is 20.7 Å². The van der Waals surface area contributed by atoms with E-state index in [1.54, 1.807) is 12.1 Å². The first kappa shape index (κ1) is 18.9. The van der Waals surface area contributed by atoms with Crippen molar-refractivity contribution in [1.82, 2.24) is 9.62 Å². The first-order valence-corrected chi connectivity index (χ1v) is 10.2. The highest BCUT2D eigenvalue weighted by atomic mass is 32.2. The molecule has 1 aromatic carbocycles. The lowest BCUT2D eigenvalue weighted by atomic mass is 10.1. The van der Waals surface area contributed by atoms with Crippen LogP contribution in [0.3, 0.4) is 0 Å². The second-order valence-electron chi connectivity index (χ2n) is 7.15. The van der Waals surface area contributed by atoms with Gasteiger partial charge in [-0.25, -0.2) is 8.42 Å².